The van der Waals surface area contributed by atoms with Gasteiger partial charge in [-0.05, 0) is 31.2 Å². The number of ether oxygens (including phenoxy) is 7. The van der Waals surface area contributed by atoms with Crippen molar-refractivity contribution in [2.45, 2.75) is 148 Å². The Hall–Kier alpha value is -1.54. The second kappa shape index (κ2) is 19.6. The second-order valence-electron chi connectivity index (χ2n) is 14.3. The van der Waals surface area contributed by atoms with Gasteiger partial charge in [0.1, 0.15) is 67.1 Å². The molecule has 0 spiro atoms. The van der Waals surface area contributed by atoms with Gasteiger partial charge in [-0.1, -0.05) is 36.8 Å². The second-order valence-corrected chi connectivity index (χ2v) is 14.3. The summed E-state index contributed by atoms with van der Waals surface area (Å²) in [6.45, 7) is -1.15. The predicted molar refractivity (Wildman–Crippen MR) is 184 cm³/mol. The summed E-state index contributed by atoms with van der Waals surface area (Å²) in [7, 11) is 0. The monoisotopic (exact) mass is 761 g/mol. The van der Waals surface area contributed by atoms with Crippen LogP contribution in [0.3, 0.4) is 0 Å². The molecular formula is C34H59N5O14. The summed E-state index contributed by atoms with van der Waals surface area (Å²) in [5.41, 5.74) is 32.1. The lowest BCUT2D eigenvalue weighted by atomic mass is 9.84. The molecule has 1 aromatic carbocycles. The number of unbranched alkanes of at least 4 members (excludes halogenated alkanes) is 2. The first kappa shape index (κ1) is 42.6. The van der Waals surface area contributed by atoms with E-state index in [0.29, 0.717) is 6.42 Å². The summed E-state index contributed by atoms with van der Waals surface area (Å²) in [5, 5.41) is 73.3. The average molecular weight is 762 g/mol. The number of benzene rings is 1. The van der Waals surface area contributed by atoms with Gasteiger partial charge >= 0.3 is 0 Å². The minimum Gasteiger partial charge on any atom is -0.394 e. The van der Waals surface area contributed by atoms with E-state index in [1.54, 1.807) is 0 Å². The summed E-state index contributed by atoms with van der Waals surface area (Å²) in [5.74, 6) is 0. The predicted octanol–water partition coefficient (Wildman–Crippen LogP) is -5.42. The van der Waals surface area contributed by atoms with Crippen LogP contribution < -0.4 is 28.7 Å². The number of rotatable bonds is 16. The Kier molecular flexibility index (Phi) is 15.7. The van der Waals surface area contributed by atoms with Crippen LogP contribution in [0.1, 0.15) is 31.2 Å². The smallest absolute Gasteiger partial charge is 0.187 e. The van der Waals surface area contributed by atoms with Crippen LogP contribution in [0.4, 0.5) is 0 Å². The van der Waals surface area contributed by atoms with E-state index < -0.39 is 129 Å². The minimum atomic E-state index is -1.52. The van der Waals surface area contributed by atoms with Gasteiger partial charge < -0.3 is 97.6 Å². The highest BCUT2D eigenvalue weighted by Crippen LogP contribution is 2.35. The Labute approximate surface area is 308 Å². The minimum absolute atomic E-state index is 0.0923. The number of hydrogen-bond acceptors (Lipinski definition) is 19. The summed E-state index contributed by atoms with van der Waals surface area (Å²) in [6, 6.07) is 5.87. The van der Waals surface area contributed by atoms with Gasteiger partial charge in [-0.15, -0.1) is 0 Å². The van der Waals surface area contributed by atoms with Crippen molar-refractivity contribution >= 4 is 0 Å². The zero-order valence-electron chi connectivity index (χ0n) is 29.6. The first-order valence-electron chi connectivity index (χ1n) is 18.3. The van der Waals surface area contributed by atoms with Crippen molar-refractivity contribution in [3.05, 3.63) is 35.9 Å². The van der Waals surface area contributed by atoms with Gasteiger partial charge in [0.25, 0.3) is 0 Å². The van der Waals surface area contributed by atoms with Crippen LogP contribution in [0.5, 0.6) is 0 Å². The Morgan fingerprint density at radius 1 is 0.585 bits per heavy atom. The standard InChI is InChI=1S/C34H59N5O14/c35-12-18-24(43)26(45)21(38)32(48-18)52-29-20(14-41)50-34(31(29)47-10-6-2-5-9-15-7-3-1-4-8-15)53-30-23(42)16(36)11-17(37)28(30)51-33-22(39)27(46)25(44)19(13-40)49-33/h1,3-4,7-8,16-34,40-46H,2,5-6,9-14,35-39H2/t16-,17+,18+,19-,20-,21-,22?,23+,24-,25-,26-,27-,28-,29?,30-,31-,32-,33-,34+/m1/s1. The molecule has 4 aliphatic rings. The fourth-order valence-electron chi connectivity index (χ4n) is 7.33. The molecule has 1 aromatic rings. The number of aliphatic hydroxyl groups is 7. The molecule has 2 unspecified atom stereocenters. The third kappa shape index (κ3) is 9.89. The topological polar surface area (TPSA) is 336 Å². The molecule has 17 N–H and O–H groups in total. The largest absolute Gasteiger partial charge is 0.394 e. The lowest BCUT2D eigenvalue weighted by Crippen LogP contribution is -2.68. The van der Waals surface area contributed by atoms with Gasteiger partial charge in [0.05, 0.1) is 31.4 Å². The SMILES string of the molecule is NC[C@@H]1O[C@H](OC2[C@@H](OCCCCCc3ccccc3)[C@H](O[C@@H]3[C@@H](O)[C@H](N)C[C@H](N)[C@H]3O[C@H]3O[C@H](CO)[C@@H](O)[C@H](O)C3N)O[C@@H]2CO)[C@H](N)[C@@H](O)[C@@H]1O. The third-order valence-electron chi connectivity index (χ3n) is 10.6. The van der Waals surface area contributed by atoms with Crippen LogP contribution in [0.2, 0.25) is 0 Å². The van der Waals surface area contributed by atoms with Crippen molar-refractivity contribution in [2.24, 2.45) is 28.7 Å². The lowest BCUT2D eigenvalue weighted by Gasteiger charge is -2.47. The van der Waals surface area contributed by atoms with Crippen molar-refractivity contribution < 1.29 is 68.9 Å². The Morgan fingerprint density at radius 2 is 1.15 bits per heavy atom. The van der Waals surface area contributed by atoms with Crippen LogP contribution in [-0.2, 0) is 39.6 Å². The molecule has 0 aromatic heterocycles. The fourth-order valence-corrected chi connectivity index (χ4v) is 7.33. The quantitative estimate of drug-likeness (QED) is 0.0699. The number of aryl methyl sites for hydroxylation is 1. The van der Waals surface area contributed by atoms with E-state index in [1.165, 1.54) is 5.56 Å². The molecule has 1 aliphatic carbocycles. The molecule has 304 valence electrons. The summed E-state index contributed by atoms with van der Waals surface area (Å²) < 4.78 is 42.7. The molecule has 0 radical (unpaired) electrons. The molecule has 19 heteroatoms. The maximum absolute atomic E-state index is 11.4. The van der Waals surface area contributed by atoms with Crippen molar-refractivity contribution in [1.82, 2.24) is 0 Å². The lowest BCUT2D eigenvalue weighted by molar-refractivity contribution is -0.312. The Balaban J connectivity index is 1.34. The highest BCUT2D eigenvalue weighted by molar-refractivity contribution is 5.14. The molecule has 1 saturated carbocycles. The molecule has 0 amide bonds. The molecule has 3 heterocycles. The molecule has 3 aliphatic heterocycles. The van der Waals surface area contributed by atoms with Gasteiger partial charge in [0.15, 0.2) is 18.9 Å². The molecule has 0 bridgehead atoms. The highest BCUT2D eigenvalue weighted by atomic mass is 16.8. The maximum Gasteiger partial charge on any atom is 0.187 e. The molecule has 5 rings (SSSR count). The van der Waals surface area contributed by atoms with Crippen LogP contribution in [0.25, 0.3) is 0 Å². The summed E-state index contributed by atoms with van der Waals surface area (Å²) in [4.78, 5) is 0. The van der Waals surface area contributed by atoms with E-state index in [4.69, 9.17) is 61.8 Å². The molecule has 53 heavy (non-hydrogen) atoms. The van der Waals surface area contributed by atoms with Crippen LogP contribution in [0, 0.1) is 0 Å². The van der Waals surface area contributed by atoms with E-state index in [9.17, 15) is 35.7 Å². The summed E-state index contributed by atoms with van der Waals surface area (Å²) >= 11 is 0. The van der Waals surface area contributed by atoms with E-state index in [1.807, 2.05) is 18.2 Å². The van der Waals surface area contributed by atoms with E-state index in [-0.39, 0.29) is 19.6 Å². The van der Waals surface area contributed by atoms with Crippen LogP contribution in [0.15, 0.2) is 30.3 Å². The van der Waals surface area contributed by atoms with Crippen molar-refractivity contribution in [2.75, 3.05) is 26.4 Å². The maximum atomic E-state index is 11.4. The van der Waals surface area contributed by atoms with E-state index in [0.717, 1.165) is 19.3 Å². The van der Waals surface area contributed by atoms with Gasteiger partial charge in [-0.2, -0.15) is 0 Å². The van der Waals surface area contributed by atoms with E-state index in [2.05, 4.69) is 12.1 Å². The normalized spacial score (nSPS) is 45.0. The van der Waals surface area contributed by atoms with Crippen molar-refractivity contribution in [3.8, 4) is 0 Å². The first-order valence-corrected chi connectivity index (χ1v) is 18.3. The summed E-state index contributed by atoms with van der Waals surface area (Å²) in [6.07, 6.45) is -15.8. The zero-order chi connectivity index (χ0) is 38.4. The Bertz CT molecular complexity index is 1230. The fraction of sp³-hybridized carbons (Fsp3) is 0.824. The molecule has 19 atom stereocenters. The first-order chi connectivity index (χ1) is 25.4. The van der Waals surface area contributed by atoms with Gasteiger partial charge in [-0.25, -0.2) is 0 Å². The highest BCUT2D eigenvalue weighted by Gasteiger charge is 2.55. The molecule has 4 fully saturated rings. The van der Waals surface area contributed by atoms with Crippen LogP contribution in [-0.4, -0.2) is 178 Å². The van der Waals surface area contributed by atoms with Crippen LogP contribution >= 0.6 is 0 Å². The zero-order valence-corrected chi connectivity index (χ0v) is 29.6. The van der Waals surface area contributed by atoms with E-state index >= 15 is 0 Å². The average Bonchev–Trinajstić information content (AvgIpc) is 3.48. The molecular weight excluding hydrogens is 702 g/mol. The molecule has 3 saturated heterocycles. The van der Waals surface area contributed by atoms with Gasteiger partial charge in [0.2, 0.25) is 0 Å². The third-order valence-corrected chi connectivity index (χ3v) is 10.6. The van der Waals surface area contributed by atoms with Crippen molar-refractivity contribution in [3.63, 3.8) is 0 Å². The number of nitrogens with two attached hydrogens (primary N) is 5. The molecule has 19 nitrogen and oxygen atoms in total. The number of aliphatic hydroxyl groups excluding tert-OH is 7. The Morgan fingerprint density at radius 3 is 1.77 bits per heavy atom. The van der Waals surface area contributed by atoms with Gasteiger partial charge in [0, 0.05) is 25.2 Å². The number of hydrogen-bond donors (Lipinski definition) is 12. The van der Waals surface area contributed by atoms with Crippen molar-refractivity contribution in [1.29, 1.82) is 0 Å². The van der Waals surface area contributed by atoms with Gasteiger partial charge in [-0.3, -0.25) is 0 Å².